The lowest BCUT2D eigenvalue weighted by molar-refractivity contribution is 0.223. The second kappa shape index (κ2) is 6.22. The van der Waals surface area contributed by atoms with E-state index < -0.39 is 6.10 Å². The van der Waals surface area contributed by atoms with Gasteiger partial charge in [0.25, 0.3) is 0 Å². The molecule has 0 fully saturated rings. The van der Waals surface area contributed by atoms with Crippen molar-refractivity contribution < 1.29 is 5.11 Å². The topological polar surface area (TPSA) is 50.9 Å². The minimum absolute atomic E-state index is 0.233. The van der Waals surface area contributed by atoms with Crippen molar-refractivity contribution in [2.75, 3.05) is 11.6 Å². The Labute approximate surface area is 115 Å². The number of alkyl halides is 1. The van der Waals surface area contributed by atoms with Crippen molar-refractivity contribution in [3.63, 3.8) is 0 Å². The number of aromatic nitrogens is 3. The van der Waals surface area contributed by atoms with Gasteiger partial charge in [0, 0.05) is 24.2 Å². The molecule has 0 amide bonds. The van der Waals surface area contributed by atoms with Gasteiger partial charge in [0.1, 0.15) is 0 Å². The smallest absolute Gasteiger partial charge is 0.191 e. The Morgan fingerprint density at radius 2 is 2.06 bits per heavy atom. The average molecular weight is 284 g/mol. The van der Waals surface area contributed by atoms with E-state index in [1.807, 2.05) is 41.9 Å². The van der Waals surface area contributed by atoms with Crippen LogP contribution in [0.2, 0.25) is 0 Å². The molecule has 1 aromatic heterocycles. The Hall–Kier alpha value is -1.04. The summed E-state index contributed by atoms with van der Waals surface area (Å²) < 4.78 is 1.92. The van der Waals surface area contributed by atoms with Crippen LogP contribution >= 0.6 is 23.4 Å². The normalized spacial score (nSPS) is 12.6. The number of aliphatic hydroxyl groups is 1. The van der Waals surface area contributed by atoms with E-state index in [9.17, 15) is 5.11 Å². The summed E-state index contributed by atoms with van der Waals surface area (Å²) in [5.74, 6) is 1.57. The molecule has 6 heteroatoms. The van der Waals surface area contributed by atoms with Crippen LogP contribution in [0.15, 0.2) is 35.5 Å². The van der Waals surface area contributed by atoms with Crippen LogP contribution in [0, 0.1) is 0 Å². The molecule has 1 heterocycles. The number of nitrogens with zero attached hydrogens (tertiary/aromatic N) is 3. The lowest BCUT2D eigenvalue weighted by Gasteiger charge is -2.06. The third-order valence-corrected chi connectivity index (χ3v) is 3.97. The van der Waals surface area contributed by atoms with Crippen LogP contribution in [-0.2, 0) is 7.05 Å². The first-order chi connectivity index (χ1) is 8.72. The van der Waals surface area contributed by atoms with Crippen molar-refractivity contribution in [3.05, 3.63) is 30.3 Å². The Morgan fingerprint density at radius 1 is 1.33 bits per heavy atom. The monoisotopic (exact) mass is 283 g/mol. The average Bonchev–Trinajstić information content (AvgIpc) is 2.78. The van der Waals surface area contributed by atoms with E-state index in [1.54, 1.807) is 0 Å². The summed E-state index contributed by atoms with van der Waals surface area (Å²) in [7, 11) is 1.91. The van der Waals surface area contributed by atoms with Crippen LogP contribution < -0.4 is 0 Å². The molecular weight excluding hydrogens is 270 g/mol. The molecule has 0 unspecified atom stereocenters. The van der Waals surface area contributed by atoms with E-state index >= 15 is 0 Å². The zero-order chi connectivity index (χ0) is 13.0. The van der Waals surface area contributed by atoms with E-state index in [4.69, 9.17) is 11.6 Å². The van der Waals surface area contributed by atoms with E-state index in [2.05, 4.69) is 10.2 Å². The Balaban J connectivity index is 2.14. The van der Waals surface area contributed by atoms with E-state index in [1.165, 1.54) is 11.8 Å². The molecule has 2 rings (SSSR count). The van der Waals surface area contributed by atoms with Crippen LogP contribution in [0.25, 0.3) is 11.4 Å². The molecule has 1 atom stereocenters. The van der Waals surface area contributed by atoms with Crippen LogP contribution in [-0.4, -0.2) is 37.6 Å². The van der Waals surface area contributed by atoms with Crippen LogP contribution in [0.5, 0.6) is 0 Å². The Morgan fingerprint density at radius 3 is 2.72 bits per heavy atom. The summed E-state index contributed by atoms with van der Waals surface area (Å²) in [6.07, 6.45) is -0.520. The maximum atomic E-state index is 9.42. The second-order valence-corrected chi connectivity index (χ2v) is 5.15. The zero-order valence-electron chi connectivity index (χ0n) is 9.95. The number of thioether (sulfide) groups is 1. The molecule has 1 N–H and O–H groups in total. The largest absolute Gasteiger partial charge is 0.391 e. The second-order valence-electron chi connectivity index (χ2n) is 3.85. The third kappa shape index (κ3) is 3.04. The van der Waals surface area contributed by atoms with Gasteiger partial charge in [-0.25, -0.2) is 0 Å². The zero-order valence-corrected chi connectivity index (χ0v) is 11.5. The predicted molar refractivity (Wildman–Crippen MR) is 73.9 cm³/mol. The fourth-order valence-electron chi connectivity index (χ4n) is 1.49. The summed E-state index contributed by atoms with van der Waals surface area (Å²) in [4.78, 5) is 0. The van der Waals surface area contributed by atoms with Gasteiger partial charge < -0.3 is 9.67 Å². The van der Waals surface area contributed by atoms with Gasteiger partial charge in [-0.1, -0.05) is 42.1 Å². The van der Waals surface area contributed by atoms with Crippen LogP contribution in [0.4, 0.5) is 0 Å². The van der Waals surface area contributed by atoms with Gasteiger partial charge in [0.15, 0.2) is 11.0 Å². The molecule has 0 saturated heterocycles. The molecule has 0 aliphatic carbocycles. The van der Waals surface area contributed by atoms with Crippen molar-refractivity contribution in [1.82, 2.24) is 14.8 Å². The van der Waals surface area contributed by atoms with E-state index in [-0.39, 0.29) is 5.88 Å². The highest BCUT2D eigenvalue weighted by Gasteiger charge is 2.12. The summed E-state index contributed by atoms with van der Waals surface area (Å²) in [5, 5.41) is 18.5. The third-order valence-electron chi connectivity index (χ3n) is 2.45. The van der Waals surface area contributed by atoms with Gasteiger partial charge in [-0.05, 0) is 0 Å². The minimum atomic E-state index is -0.520. The van der Waals surface area contributed by atoms with E-state index in [0.717, 1.165) is 16.5 Å². The molecule has 0 spiro atoms. The van der Waals surface area contributed by atoms with Gasteiger partial charge in [-0.15, -0.1) is 21.8 Å². The van der Waals surface area contributed by atoms with Gasteiger partial charge in [-0.3, -0.25) is 0 Å². The summed E-state index contributed by atoms with van der Waals surface area (Å²) >= 11 is 7.00. The van der Waals surface area contributed by atoms with Gasteiger partial charge in [-0.2, -0.15) is 0 Å². The van der Waals surface area contributed by atoms with E-state index in [0.29, 0.717) is 5.75 Å². The first-order valence-electron chi connectivity index (χ1n) is 5.54. The Kier molecular flexibility index (Phi) is 4.63. The number of hydrogen-bond donors (Lipinski definition) is 1. The van der Waals surface area contributed by atoms with Gasteiger partial charge in [0.2, 0.25) is 0 Å². The number of rotatable bonds is 5. The summed E-state index contributed by atoms with van der Waals surface area (Å²) in [6.45, 7) is 0. The minimum Gasteiger partial charge on any atom is -0.391 e. The lowest BCUT2D eigenvalue weighted by Crippen LogP contribution is -2.11. The fraction of sp³-hybridized carbons (Fsp3) is 0.333. The van der Waals surface area contributed by atoms with Crippen molar-refractivity contribution in [1.29, 1.82) is 0 Å². The highest BCUT2D eigenvalue weighted by atomic mass is 35.5. The SMILES string of the molecule is Cn1c(SC[C@@H](O)CCl)nnc1-c1ccccc1. The van der Waals surface area contributed by atoms with Crippen molar-refractivity contribution in [3.8, 4) is 11.4 Å². The molecule has 96 valence electrons. The standard InChI is InChI=1S/C12H14ClN3OS/c1-16-11(9-5-3-2-4-6-9)14-15-12(16)18-8-10(17)7-13/h2-6,10,17H,7-8H2,1H3/t10-/m0/s1. The first-order valence-corrected chi connectivity index (χ1v) is 7.06. The molecule has 0 radical (unpaired) electrons. The van der Waals surface area contributed by atoms with Crippen molar-refractivity contribution in [2.24, 2.45) is 7.05 Å². The maximum Gasteiger partial charge on any atom is 0.191 e. The molecule has 0 aliphatic heterocycles. The van der Waals surface area contributed by atoms with Gasteiger partial charge >= 0.3 is 0 Å². The number of aliphatic hydroxyl groups excluding tert-OH is 1. The molecule has 0 saturated carbocycles. The van der Waals surface area contributed by atoms with Crippen LogP contribution in [0.1, 0.15) is 0 Å². The lowest BCUT2D eigenvalue weighted by atomic mass is 10.2. The van der Waals surface area contributed by atoms with Crippen LogP contribution in [0.3, 0.4) is 0 Å². The quantitative estimate of drug-likeness (QED) is 0.675. The molecule has 1 aromatic carbocycles. The molecule has 0 aliphatic rings. The summed E-state index contributed by atoms with van der Waals surface area (Å²) in [5.41, 5.74) is 1.03. The Bertz CT molecular complexity index is 503. The highest BCUT2D eigenvalue weighted by Crippen LogP contribution is 2.22. The van der Waals surface area contributed by atoms with Crippen molar-refractivity contribution >= 4 is 23.4 Å². The first kappa shape index (κ1) is 13.4. The maximum absolute atomic E-state index is 9.42. The van der Waals surface area contributed by atoms with Gasteiger partial charge in [0.05, 0.1) is 6.10 Å². The molecular formula is C12H14ClN3OS. The molecule has 0 bridgehead atoms. The number of hydrogen-bond acceptors (Lipinski definition) is 4. The highest BCUT2D eigenvalue weighted by molar-refractivity contribution is 7.99. The number of halogens is 1. The predicted octanol–water partition coefficient (Wildman–Crippen LogP) is 2.17. The number of benzene rings is 1. The fourth-order valence-corrected chi connectivity index (χ4v) is 2.57. The molecule has 2 aromatic rings. The molecule has 4 nitrogen and oxygen atoms in total. The summed E-state index contributed by atoms with van der Waals surface area (Å²) in [6, 6.07) is 9.88. The molecule has 18 heavy (non-hydrogen) atoms. The van der Waals surface area contributed by atoms with Crippen molar-refractivity contribution in [2.45, 2.75) is 11.3 Å².